The normalized spacial score (nSPS) is 13.3. The number of anilines is 2. The van der Waals surface area contributed by atoms with Crippen LogP contribution in [0.5, 0.6) is 11.5 Å². The van der Waals surface area contributed by atoms with E-state index in [9.17, 15) is 0 Å². The Hall–Kier alpha value is -2.44. The maximum Gasteiger partial charge on any atom is 0.245 e. The van der Waals surface area contributed by atoms with Crippen LogP contribution in [0.1, 0.15) is 11.7 Å². The molecule has 1 aliphatic rings. The molecule has 0 bridgehead atoms. The Morgan fingerprint density at radius 2 is 2.00 bits per heavy atom. The summed E-state index contributed by atoms with van der Waals surface area (Å²) in [4.78, 5) is 4.11. The molecule has 1 aromatic carbocycles. The zero-order valence-electron chi connectivity index (χ0n) is 10.5. The lowest BCUT2D eigenvalue weighted by Crippen LogP contribution is -2.16. The molecule has 3 N–H and O–H groups in total. The van der Waals surface area contributed by atoms with E-state index in [1.165, 1.54) is 0 Å². The van der Waals surface area contributed by atoms with Gasteiger partial charge in [-0.1, -0.05) is 5.16 Å². The third-order valence-electron chi connectivity index (χ3n) is 2.71. The molecule has 1 aromatic heterocycles. The fraction of sp³-hybridized carbons (Fsp3) is 0.333. The van der Waals surface area contributed by atoms with Gasteiger partial charge in [-0.25, -0.2) is 0 Å². The van der Waals surface area contributed by atoms with Crippen LogP contribution in [0.15, 0.2) is 16.7 Å². The van der Waals surface area contributed by atoms with Crippen molar-refractivity contribution in [2.45, 2.75) is 13.5 Å². The number of aryl methyl sites for hydroxylation is 1. The number of nitrogens with one attached hydrogen (secondary N) is 1. The highest BCUT2D eigenvalue weighted by Gasteiger charge is 2.15. The molecule has 0 unspecified atom stereocenters. The van der Waals surface area contributed by atoms with Crippen molar-refractivity contribution in [2.75, 3.05) is 24.3 Å². The molecule has 1 aliphatic heterocycles. The van der Waals surface area contributed by atoms with Gasteiger partial charge >= 0.3 is 0 Å². The number of rotatable bonds is 3. The van der Waals surface area contributed by atoms with E-state index in [-0.39, 0.29) is 0 Å². The number of hydrogen-bond donors (Lipinski definition) is 2. The van der Waals surface area contributed by atoms with E-state index in [1.54, 1.807) is 13.0 Å². The van der Waals surface area contributed by atoms with E-state index in [2.05, 4.69) is 15.5 Å². The van der Waals surface area contributed by atoms with Crippen molar-refractivity contribution < 1.29 is 14.0 Å². The Bertz CT molecular complexity index is 597. The highest BCUT2D eigenvalue weighted by molar-refractivity contribution is 5.72. The SMILES string of the molecule is Cc1noc(CNc2cc3c(cc2N)OCCO3)n1. The summed E-state index contributed by atoms with van der Waals surface area (Å²) in [5.41, 5.74) is 7.28. The van der Waals surface area contributed by atoms with E-state index in [4.69, 9.17) is 19.7 Å². The summed E-state index contributed by atoms with van der Waals surface area (Å²) in [6.45, 7) is 3.26. The quantitative estimate of drug-likeness (QED) is 0.806. The molecule has 7 heteroatoms. The van der Waals surface area contributed by atoms with Crippen molar-refractivity contribution in [3.05, 3.63) is 23.8 Å². The van der Waals surface area contributed by atoms with Crippen LogP contribution in [0.3, 0.4) is 0 Å². The summed E-state index contributed by atoms with van der Waals surface area (Å²) in [7, 11) is 0. The molecular formula is C12H14N4O3. The van der Waals surface area contributed by atoms with Crippen molar-refractivity contribution >= 4 is 11.4 Å². The van der Waals surface area contributed by atoms with Gasteiger partial charge in [0, 0.05) is 12.1 Å². The molecule has 0 amide bonds. The van der Waals surface area contributed by atoms with Crippen LogP contribution in [-0.2, 0) is 6.54 Å². The monoisotopic (exact) mass is 262 g/mol. The topological polar surface area (TPSA) is 95.4 Å². The zero-order chi connectivity index (χ0) is 13.2. The predicted octanol–water partition coefficient (Wildman–Crippen LogP) is 1.34. The third-order valence-corrected chi connectivity index (χ3v) is 2.71. The zero-order valence-corrected chi connectivity index (χ0v) is 10.5. The first-order valence-corrected chi connectivity index (χ1v) is 5.94. The second-order valence-corrected chi connectivity index (χ2v) is 4.17. The summed E-state index contributed by atoms with van der Waals surface area (Å²) in [5, 5.41) is 6.86. The predicted molar refractivity (Wildman–Crippen MR) is 68.2 cm³/mol. The van der Waals surface area contributed by atoms with Crippen molar-refractivity contribution in [2.24, 2.45) is 0 Å². The summed E-state index contributed by atoms with van der Waals surface area (Å²) in [6.07, 6.45) is 0. The molecule has 19 heavy (non-hydrogen) atoms. The fourth-order valence-electron chi connectivity index (χ4n) is 1.84. The lowest BCUT2D eigenvalue weighted by Gasteiger charge is -2.20. The summed E-state index contributed by atoms with van der Waals surface area (Å²) < 4.78 is 16.0. The number of hydrogen-bond acceptors (Lipinski definition) is 7. The molecule has 0 aliphatic carbocycles. The van der Waals surface area contributed by atoms with Crippen LogP contribution in [0.4, 0.5) is 11.4 Å². The highest BCUT2D eigenvalue weighted by Crippen LogP contribution is 2.36. The van der Waals surface area contributed by atoms with E-state index < -0.39 is 0 Å². The Balaban J connectivity index is 1.77. The lowest BCUT2D eigenvalue weighted by molar-refractivity contribution is 0.172. The van der Waals surface area contributed by atoms with Crippen molar-refractivity contribution in [3.63, 3.8) is 0 Å². The van der Waals surface area contributed by atoms with Crippen LogP contribution in [0.25, 0.3) is 0 Å². The van der Waals surface area contributed by atoms with Gasteiger partial charge in [0.05, 0.1) is 17.9 Å². The average molecular weight is 262 g/mol. The second-order valence-electron chi connectivity index (χ2n) is 4.17. The maximum absolute atomic E-state index is 5.95. The first-order valence-electron chi connectivity index (χ1n) is 5.94. The van der Waals surface area contributed by atoms with Crippen LogP contribution >= 0.6 is 0 Å². The van der Waals surface area contributed by atoms with Gasteiger partial charge in [0.1, 0.15) is 13.2 Å². The largest absolute Gasteiger partial charge is 0.486 e. The number of ether oxygens (including phenoxy) is 2. The molecule has 0 radical (unpaired) electrons. The molecule has 7 nitrogen and oxygen atoms in total. The third kappa shape index (κ3) is 2.40. The maximum atomic E-state index is 5.95. The van der Waals surface area contributed by atoms with Crippen LogP contribution < -0.4 is 20.5 Å². The standard InChI is InChI=1S/C12H14N4O3/c1-7-15-12(19-16-7)6-14-9-5-11-10(4-8(9)13)17-2-3-18-11/h4-5,14H,2-3,6,13H2,1H3. The summed E-state index contributed by atoms with van der Waals surface area (Å²) in [6, 6.07) is 3.56. The molecule has 3 rings (SSSR count). The van der Waals surface area contributed by atoms with Crippen LogP contribution in [-0.4, -0.2) is 23.4 Å². The van der Waals surface area contributed by atoms with Crippen LogP contribution in [0.2, 0.25) is 0 Å². The van der Waals surface area contributed by atoms with Gasteiger partial charge in [-0.3, -0.25) is 0 Å². The van der Waals surface area contributed by atoms with Gasteiger partial charge in [-0.05, 0) is 6.92 Å². The molecule has 0 saturated carbocycles. The van der Waals surface area contributed by atoms with Gasteiger partial charge < -0.3 is 25.0 Å². The number of nitrogens with two attached hydrogens (primary N) is 1. The summed E-state index contributed by atoms with van der Waals surface area (Å²) >= 11 is 0. The number of fused-ring (bicyclic) bond motifs is 1. The number of benzene rings is 1. The Morgan fingerprint density at radius 1 is 1.26 bits per heavy atom. The van der Waals surface area contributed by atoms with Gasteiger partial charge in [-0.15, -0.1) is 0 Å². The summed E-state index contributed by atoms with van der Waals surface area (Å²) in [5.74, 6) is 2.46. The lowest BCUT2D eigenvalue weighted by atomic mass is 10.2. The first kappa shape index (κ1) is 11.6. The van der Waals surface area contributed by atoms with Gasteiger partial charge in [-0.2, -0.15) is 4.98 Å². The first-order chi connectivity index (χ1) is 9.22. The Morgan fingerprint density at radius 3 is 2.68 bits per heavy atom. The van der Waals surface area contributed by atoms with E-state index in [1.807, 2.05) is 6.07 Å². The number of nitrogens with zero attached hydrogens (tertiary/aromatic N) is 2. The fourth-order valence-corrected chi connectivity index (χ4v) is 1.84. The minimum atomic E-state index is 0.407. The van der Waals surface area contributed by atoms with E-state index in [0.29, 0.717) is 48.7 Å². The van der Waals surface area contributed by atoms with E-state index >= 15 is 0 Å². The van der Waals surface area contributed by atoms with Crippen molar-refractivity contribution in [1.29, 1.82) is 0 Å². The second kappa shape index (κ2) is 4.68. The average Bonchev–Trinajstić information content (AvgIpc) is 2.82. The van der Waals surface area contributed by atoms with E-state index in [0.717, 1.165) is 5.69 Å². The van der Waals surface area contributed by atoms with Crippen molar-refractivity contribution in [3.8, 4) is 11.5 Å². The minimum Gasteiger partial charge on any atom is -0.486 e. The smallest absolute Gasteiger partial charge is 0.245 e. The number of nitrogen functional groups attached to an aromatic ring is 1. The minimum absolute atomic E-state index is 0.407. The molecule has 0 spiro atoms. The van der Waals surface area contributed by atoms with Gasteiger partial charge in [0.15, 0.2) is 17.3 Å². The van der Waals surface area contributed by atoms with Gasteiger partial charge in [0.2, 0.25) is 5.89 Å². The Labute approximate surface area is 109 Å². The molecule has 100 valence electrons. The van der Waals surface area contributed by atoms with Crippen molar-refractivity contribution in [1.82, 2.24) is 10.1 Å². The molecule has 0 atom stereocenters. The molecule has 0 saturated heterocycles. The molecular weight excluding hydrogens is 248 g/mol. The number of aromatic nitrogens is 2. The highest BCUT2D eigenvalue weighted by atomic mass is 16.6. The van der Waals surface area contributed by atoms with Crippen LogP contribution in [0, 0.1) is 6.92 Å². The molecule has 0 fully saturated rings. The Kier molecular flexibility index (Phi) is 2.86. The molecule has 2 heterocycles. The van der Waals surface area contributed by atoms with Gasteiger partial charge in [0.25, 0.3) is 0 Å². The molecule has 2 aromatic rings.